The van der Waals surface area contributed by atoms with Gasteiger partial charge in [0.05, 0.1) is 22.8 Å². The Balaban J connectivity index is 1.91. The summed E-state index contributed by atoms with van der Waals surface area (Å²) in [7, 11) is 0. The summed E-state index contributed by atoms with van der Waals surface area (Å²) < 4.78 is 0. The number of allylic oxidation sites excluding steroid dienone is 5. The van der Waals surface area contributed by atoms with Gasteiger partial charge in [-0.25, -0.2) is 4.98 Å². The van der Waals surface area contributed by atoms with Crippen LogP contribution in [0.1, 0.15) is 78.5 Å². The van der Waals surface area contributed by atoms with E-state index in [0.29, 0.717) is 6.54 Å². The van der Waals surface area contributed by atoms with E-state index in [1.807, 2.05) is 39.8 Å². The number of rotatable bonds is 12. The van der Waals surface area contributed by atoms with Gasteiger partial charge in [0.25, 0.3) is 0 Å². The van der Waals surface area contributed by atoms with Crippen molar-refractivity contribution in [2.75, 3.05) is 6.54 Å². The van der Waals surface area contributed by atoms with Crippen molar-refractivity contribution in [3.05, 3.63) is 89.1 Å². The van der Waals surface area contributed by atoms with Crippen molar-refractivity contribution < 1.29 is 4.84 Å². The first-order valence-electron chi connectivity index (χ1n) is 13.6. The summed E-state index contributed by atoms with van der Waals surface area (Å²) in [5, 5.41) is 8.85. The molecule has 0 saturated carbocycles. The molecule has 1 aromatic carbocycles. The van der Waals surface area contributed by atoms with E-state index < -0.39 is 0 Å². The zero-order chi connectivity index (χ0) is 28.5. The van der Waals surface area contributed by atoms with Gasteiger partial charge in [-0.2, -0.15) is 0 Å². The van der Waals surface area contributed by atoms with Crippen molar-refractivity contribution in [1.82, 2.24) is 20.3 Å². The summed E-state index contributed by atoms with van der Waals surface area (Å²) in [5.41, 5.74) is 10.2. The van der Waals surface area contributed by atoms with Gasteiger partial charge in [0, 0.05) is 28.7 Å². The van der Waals surface area contributed by atoms with Crippen LogP contribution in [0.4, 0.5) is 0 Å². The lowest BCUT2D eigenvalue weighted by Gasteiger charge is -2.12. The molecule has 0 amide bonds. The molecule has 0 radical (unpaired) electrons. The largest absolute Gasteiger partial charge is 0.378 e. The topological polar surface area (TPSA) is 78.1 Å². The number of imidazole rings is 1. The number of H-pyrrole nitrogens is 2. The Labute approximate surface area is 233 Å². The predicted octanol–water partition coefficient (Wildman–Crippen LogP) is 8.84. The number of oxime groups is 1. The second kappa shape index (κ2) is 13.7. The Morgan fingerprint density at radius 3 is 2.49 bits per heavy atom. The van der Waals surface area contributed by atoms with Crippen molar-refractivity contribution in [2.24, 2.45) is 5.16 Å². The molecular formula is C33H43N5O. The van der Waals surface area contributed by atoms with E-state index in [1.54, 1.807) is 0 Å². The van der Waals surface area contributed by atoms with Crippen LogP contribution in [-0.2, 0) is 4.84 Å². The summed E-state index contributed by atoms with van der Waals surface area (Å²) in [6.07, 6.45) is 10.4. The standard InChI is InChI=1S/C33H43N5O/c1-10-12-13-15-25(14-11-2)20-34-30(21(3)4)33-35-24(9)31(37-33)26-16-17-28-27(18-26)19-29(36-28)32(22(5)6)39-38-23(7)8/h11,13-19,34,36H,2,10,12,20H2,1,3-9H3,(H,35,37)/b15-13-,25-14+. The van der Waals surface area contributed by atoms with Gasteiger partial charge in [-0.3, -0.25) is 0 Å². The van der Waals surface area contributed by atoms with Crippen molar-refractivity contribution >= 4 is 28.1 Å². The van der Waals surface area contributed by atoms with Gasteiger partial charge in [-0.1, -0.05) is 55.4 Å². The number of nitrogens with zero attached hydrogens (tertiary/aromatic N) is 2. The van der Waals surface area contributed by atoms with E-state index in [9.17, 15) is 0 Å². The zero-order valence-corrected chi connectivity index (χ0v) is 24.7. The third-order valence-corrected chi connectivity index (χ3v) is 6.12. The van der Waals surface area contributed by atoms with Gasteiger partial charge < -0.3 is 20.1 Å². The molecule has 0 aliphatic rings. The SMILES string of the molecule is C=C/C=C(\C=C/CCC)CNC(=C(C)C)c1nc(-c2ccc3[nH]c(C(ON=C(C)C)=C(C)C)cc3c2)c(C)[nH]1. The number of aromatic nitrogens is 3. The first-order valence-corrected chi connectivity index (χ1v) is 13.6. The zero-order valence-electron chi connectivity index (χ0n) is 24.7. The molecule has 0 saturated heterocycles. The van der Waals surface area contributed by atoms with Crippen molar-refractivity contribution in [1.29, 1.82) is 0 Å². The number of hydrogen-bond acceptors (Lipinski definition) is 4. The molecule has 6 nitrogen and oxygen atoms in total. The van der Waals surface area contributed by atoms with Gasteiger partial charge in [-0.05, 0) is 89.8 Å². The fourth-order valence-corrected chi connectivity index (χ4v) is 4.22. The Bertz CT molecular complexity index is 1460. The average molecular weight is 526 g/mol. The van der Waals surface area contributed by atoms with Crippen molar-refractivity contribution in [2.45, 2.75) is 68.2 Å². The number of hydrogen-bond donors (Lipinski definition) is 3. The van der Waals surface area contributed by atoms with E-state index in [1.165, 1.54) is 5.57 Å². The molecule has 39 heavy (non-hydrogen) atoms. The minimum absolute atomic E-state index is 0.691. The number of fused-ring (bicyclic) bond motifs is 1. The number of aromatic amines is 2. The molecule has 206 valence electrons. The van der Waals surface area contributed by atoms with Crippen molar-refractivity contribution in [3.63, 3.8) is 0 Å². The maximum Gasteiger partial charge on any atom is 0.179 e. The second-order valence-corrected chi connectivity index (χ2v) is 10.4. The lowest BCUT2D eigenvalue weighted by Crippen LogP contribution is -2.17. The van der Waals surface area contributed by atoms with Gasteiger partial charge in [0.2, 0.25) is 0 Å². The first kappa shape index (κ1) is 29.5. The minimum atomic E-state index is 0.691. The minimum Gasteiger partial charge on any atom is -0.378 e. The van der Waals surface area contributed by atoms with Crippen LogP contribution in [0, 0.1) is 6.92 Å². The molecule has 0 unspecified atom stereocenters. The maximum atomic E-state index is 5.74. The van der Waals surface area contributed by atoms with Crippen LogP contribution in [0.3, 0.4) is 0 Å². The van der Waals surface area contributed by atoms with E-state index in [2.05, 4.69) is 91.1 Å². The molecule has 0 aliphatic carbocycles. The normalized spacial score (nSPS) is 11.5. The van der Waals surface area contributed by atoms with Gasteiger partial charge >= 0.3 is 0 Å². The van der Waals surface area contributed by atoms with E-state index in [0.717, 1.165) is 80.5 Å². The molecule has 0 aliphatic heterocycles. The molecule has 3 rings (SSSR count). The third kappa shape index (κ3) is 7.73. The van der Waals surface area contributed by atoms with Gasteiger partial charge in [0.1, 0.15) is 0 Å². The summed E-state index contributed by atoms with van der Waals surface area (Å²) in [6.45, 7) is 20.9. The number of aryl methyl sites for hydroxylation is 1. The average Bonchev–Trinajstić information content (AvgIpc) is 3.46. The molecule has 3 N–H and O–H groups in total. The summed E-state index contributed by atoms with van der Waals surface area (Å²) in [4.78, 5) is 17.8. The van der Waals surface area contributed by atoms with Crippen LogP contribution in [0.15, 0.2) is 77.0 Å². The molecule has 0 atom stereocenters. The van der Waals surface area contributed by atoms with Crippen LogP contribution < -0.4 is 5.32 Å². The van der Waals surface area contributed by atoms with Crippen LogP contribution in [0.2, 0.25) is 0 Å². The second-order valence-electron chi connectivity index (χ2n) is 10.4. The third-order valence-electron chi connectivity index (χ3n) is 6.12. The Hall–Kier alpha value is -4.06. The van der Waals surface area contributed by atoms with Crippen LogP contribution in [0.25, 0.3) is 33.6 Å². The molecule has 0 bridgehead atoms. The summed E-state index contributed by atoms with van der Waals surface area (Å²) in [5.74, 6) is 1.57. The van der Waals surface area contributed by atoms with E-state index in [4.69, 9.17) is 9.82 Å². The number of benzene rings is 1. The Morgan fingerprint density at radius 2 is 1.85 bits per heavy atom. The highest BCUT2D eigenvalue weighted by atomic mass is 16.6. The van der Waals surface area contributed by atoms with Crippen LogP contribution in [0.5, 0.6) is 0 Å². The Morgan fingerprint density at radius 1 is 1.08 bits per heavy atom. The van der Waals surface area contributed by atoms with E-state index in [-0.39, 0.29) is 0 Å². The molecule has 6 heteroatoms. The molecular weight excluding hydrogens is 482 g/mol. The smallest absolute Gasteiger partial charge is 0.179 e. The highest BCUT2D eigenvalue weighted by Crippen LogP contribution is 2.30. The highest BCUT2D eigenvalue weighted by Gasteiger charge is 2.16. The van der Waals surface area contributed by atoms with Crippen LogP contribution >= 0.6 is 0 Å². The monoisotopic (exact) mass is 525 g/mol. The van der Waals surface area contributed by atoms with Gasteiger partial charge in [-0.15, -0.1) is 0 Å². The molecule has 3 aromatic rings. The maximum absolute atomic E-state index is 5.74. The molecule has 0 spiro atoms. The number of unbranched alkanes of at least 4 members (excludes halogenated alkanes) is 1. The summed E-state index contributed by atoms with van der Waals surface area (Å²) in [6, 6.07) is 8.46. The fraction of sp³-hybridized carbons (Fsp3) is 0.333. The predicted molar refractivity (Wildman–Crippen MR) is 167 cm³/mol. The molecule has 2 heterocycles. The molecule has 2 aromatic heterocycles. The first-order chi connectivity index (χ1) is 18.6. The van der Waals surface area contributed by atoms with Crippen LogP contribution in [-0.4, -0.2) is 27.2 Å². The Kier molecular flexibility index (Phi) is 10.3. The highest BCUT2D eigenvalue weighted by molar-refractivity contribution is 5.88. The number of nitrogens with one attached hydrogen (secondary N) is 3. The summed E-state index contributed by atoms with van der Waals surface area (Å²) >= 11 is 0. The van der Waals surface area contributed by atoms with Gasteiger partial charge in [0.15, 0.2) is 11.6 Å². The fourth-order valence-electron chi connectivity index (χ4n) is 4.22. The lowest BCUT2D eigenvalue weighted by atomic mass is 10.1. The van der Waals surface area contributed by atoms with E-state index >= 15 is 0 Å². The molecule has 0 fully saturated rings. The lowest BCUT2D eigenvalue weighted by molar-refractivity contribution is 0.293. The van der Waals surface area contributed by atoms with Crippen molar-refractivity contribution in [3.8, 4) is 11.3 Å². The quantitative estimate of drug-likeness (QED) is 0.0956.